The zero-order valence-corrected chi connectivity index (χ0v) is 21.9. The van der Waals surface area contributed by atoms with E-state index in [9.17, 15) is 9.18 Å². The van der Waals surface area contributed by atoms with Crippen molar-refractivity contribution >= 4 is 11.6 Å². The lowest BCUT2D eigenvalue weighted by Crippen LogP contribution is -2.37. The number of halogens is 1. The molecule has 1 aliphatic rings. The van der Waals surface area contributed by atoms with Gasteiger partial charge < -0.3 is 10.3 Å². The predicted octanol–water partition coefficient (Wildman–Crippen LogP) is 7.08. The van der Waals surface area contributed by atoms with Gasteiger partial charge in [-0.15, -0.1) is 0 Å². The fraction of sp³-hybridized carbons (Fsp3) is 0.312. The molecule has 1 saturated heterocycles. The van der Waals surface area contributed by atoms with Crippen LogP contribution in [0.3, 0.4) is 0 Å². The molecule has 4 aromatic rings. The normalized spacial score (nSPS) is 14.5. The minimum absolute atomic E-state index is 0.00580. The number of amides is 1. The number of imidazole rings is 1. The molecule has 0 radical (unpaired) electrons. The van der Waals surface area contributed by atoms with Crippen LogP contribution in [0.5, 0.6) is 0 Å². The first-order valence-electron chi connectivity index (χ1n) is 13.6. The Morgan fingerprint density at radius 2 is 1.74 bits per heavy atom. The third-order valence-electron chi connectivity index (χ3n) is 7.31. The highest BCUT2D eigenvalue weighted by Gasteiger charge is 2.25. The predicted molar refractivity (Wildman–Crippen MR) is 151 cm³/mol. The summed E-state index contributed by atoms with van der Waals surface area (Å²) in [5, 5.41) is 3.08. The van der Waals surface area contributed by atoms with Crippen molar-refractivity contribution in [1.82, 2.24) is 14.9 Å². The number of anilines is 1. The number of piperidine rings is 1. The van der Waals surface area contributed by atoms with Gasteiger partial charge in [0.2, 0.25) is 5.91 Å². The molecular weight excluding hydrogens is 475 g/mol. The van der Waals surface area contributed by atoms with Crippen LogP contribution in [-0.2, 0) is 17.8 Å². The smallest absolute Gasteiger partial charge is 0.227 e. The van der Waals surface area contributed by atoms with Gasteiger partial charge in [0.05, 0.1) is 11.9 Å². The second-order valence-electron chi connectivity index (χ2n) is 10.2. The van der Waals surface area contributed by atoms with Gasteiger partial charge in [0.25, 0.3) is 0 Å². The monoisotopic (exact) mass is 510 g/mol. The molecule has 196 valence electrons. The number of aryl methyl sites for hydroxylation is 1. The third-order valence-corrected chi connectivity index (χ3v) is 7.31. The first kappa shape index (κ1) is 25.9. The van der Waals surface area contributed by atoms with Crippen LogP contribution >= 0.6 is 0 Å². The Bertz CT molecular complexity index is 1360. The van der Waals surface area contributed by atoms with E-state index in [2.05, 4.69) is 51.4 Å². The molecule has 0 spiro atoms. The fourth-order valence-corrected chi connectivity index (χ4v) is 5.07. The van der Waals surface area contributed by atoms with E-state index in [1.807, 2.05) is 36.5 Å². The largest absolute Gasteiger partial charge is 0.342 e. The second kappa shape index (κ2) is 12.2. The van der Waals surface area contributed by atoms with E-state index >= 15 is 0 Å². The topological polar surface area (TPSA) is 61.0 Å². The molecule has 0 unspecified atom stereocenters. The number of rotatable bonds is 9. The van der Waals surface area contributed by atoms with Crippen molar-refractivity contribution in [2.75, 3.05) is 18.4 Å². The molecular formula is C32H35FN4O. The first-order valence-corrected chi connectivity index (χ1v) is 13.6. The van der Waals surface area contributed by atoms with Crippen molar-refractivity contribution in [1.29, 1.82) is 0 Å². The number of H-pyrrole nitrogens is 1. The van der Waals surface area contributed by atoms with E-state index in [0.717, 1.165) is 79.2 Å². The number of hydrogen-bond donors (Lipinski definition) is 2. The van der Waals surface area contributed by atoms with Gasteiger partial charge in [-0.05, 0) is 78.9 Å². The summed E-state index contributed by atoms with van der Waals surface area (Å²) in [6.07, 6.45) is 6.90. The van der Waals surface area contributed by atoms with Gasteiger partial charge in [-0.25, -0.2) is 9.37 Å². The number of likely N-dealkylation sites (tertiary alicyclic amines) is 1. The van der Waals surface area contributed by atoms with Gasteiger partial charge in [0, 0.05) is 24.6 Å². The molecule has 0 saturated carbocycles. The molecule has 38 heavy (non-hydrogen) atoms. The molecule has 2 N–H and O–H groups in total. The number of hydrogen-bond acceptors (Lipinski definition) is 3. The first-order chi connectivity index (χ1) is 18.6. The van der Waals surface area contributed by atoms with Crippen molar-refractivity contribution in [2.45, 2.75) is 45.6 Å². The minimum atomic E-state index is -0.270. The Kier molecular flexibility index (Phi) is 8.29. The zero-order valence-electron chi connectivity index (χ0n) is 21.9. The summed E-state index contributed by atoms with van der Waals surface area (Å²) < 4.78 is 13.6. The Hall–Kier alpha value is -3.77. The Morgan fingerprint density at radius 1 is 1.00 bits per heavy atom. The molecule has 5 nitrogen and oxygen atoms in total. The molecule has 2 heterocycles. The number of carbonyl (C=O) groups excluding carboxylic acids is 1. The summed E-state index contributed by atoms with van der Waals surface area (Å²) in [4.78, 5) is 23.3. The molecule has 1 amide bonds. The highest BCUT2D eigenvalue weighted by molar-refractivity contribution is 5.93. The van der Waals surface area contributed by atoms with E-state index in [4.69, 9.17) is 0 Å². The van der Waals surface area contributed by atoms with E-state index in [1.54, 1.807) is 6.07 Å². The van der Waals surface area contributed by atoms with Crippen molar-refractivity contribution in [3.8, 4) is 22.4 Å². The molecule has 1 fully saturated rings. The van der Waals surface area contributed by atoms with Crippen molar-refractivity contribution in [3.63, 3.8) is 0 Å². The number of carbonyl (C=O) groups is 1. The van der Waals surface area contributed by atoms with Gasteiger partial charge in [0.15, 0.2) is 0 Å². The molecule has 1 aliphatic heterocycles. The number of aromatic amines is 1. The number of benzene rings is 3. The van der Waals surface area contributed by atoms with Crippen LogP contribution in [-0.4, -0.2) is 33.9 Å². The summed E-state index contributed by atoms with van der Waals surface area (Å²) in [6.45, 7) is 4.86. The Morgan fingerprint density at radius 3 is 2.47 bits per heavy atom. The maximum absolute atomic E-state index is 13.6. The third kappa shape index (κ3) is 6.56. The molecule has 1 aromatic heterocycles. The van der Waals surface area contributed by atoms with Crippen LogP contribution < -0.4 is 5.32 Å². The van der Waals surface area contributed by atoms with Crippen molar-refractivity contribution in [3.05, 3.63) is 96.2 Å². The highest BCUT2D eigenvalue weighted by Crippen LogP contribution is 2.26. The summed E-state index contributed by atoms with van der Waals surface area (Å²) >= 11 is 0. The van der Waals surface area contributed by atoms with Crippen LogP contribution in [0.25, 0.3) is 22.4 Å². The molecule has 5 rings (SSSR count). The van der Waals surface area contributed by atoms with Crippen LogP contribution in [0.4, 0.5) is 10.1 Å². The molecule has 0 aliphatic carbocycles. The van der Waals surface area contributed by atoms with Crippen LogP contribution in [0.2, 0.25) is 0 Å². The van der Waals surface area contributed by atoms with Gasteiger partial charge in [-0.3, -0.25) is 9.69 Å². The molecule has 0 atom stereocenters. The zero-order chi connectivity index (χ0) is 26.3. The SMILES string of the molecule is CCCCc1ncc(-c2ccc(CN3CCC(C(=O)Nc4cccc(-c5cccc(F)c5)c4)CC3)cc2)[nH]1. The lowest BCUT2D eigenvalue weighted by molar-refractivity contribution is -0.121. The van der Waals surface area contributed by atoms with E-state index in [-0.39, 0.29) is 17.6 Å². The lowest BCUT2D eigenvalue weighted by atomic mass is 9.95. The van der Waals surface area contributed by atoms with Crippen molar-refractivity contribution < 1.29 is 9.18 Å². The maximum Gasteiger partial charge on any atom is 0.227 e. The second-order valence-corrected chi connectivity index (χ2v) is 10.2. The molecule has 3 aromatic carbocycles. The number of unbranched alkanes of at least 4 members (excludes halogenated alkanes) is 1. The summed E-state index contributed by atoms with van der Waals surface area (Å²) in [5.74, 6) is 0.836. The average molecular weight is 511 g/mol. The summed E-state index contributed by atoms with van der Waals surface area (Å²) in [5.41, 5.74) is 5.92. The maximum atomic E-state index is 13.6. The van der Waals surface area contributed by atoms with Gasteiger partial charge in [-0.1, -0.05) is 61.9 Å². The summed E-state index contributed by atoms with van der Waals surface area (Å²) in [7, 11) is 0. The van der Waals surface area contributed by atoms with Crippen LogP contribution in [0.1, 0.15) is 44.0 Å². The Labute approximate surface area is 224 Å². The van der Waals surface area contributed by atoms with Gasteiger partial charge >= 0.3 is 0 Å². The van der Waals surface area contributed by atoms with E-state index in [0.29, 0.717) is 0 Å². The average Bonchev–Trinajstić information content (AvgIpc) is 3.42. The van der Waals surface area contributed by atoms with Crippen LogP contribution in [0.15, 0.2) is 79.0 Å². The highest BCUT2D eigenvalue weighted by atomic mass is 19.1. The standard InChI is InChI=1S/C32H35FN4O/c1-2-3-10-31-34-21-30(36-31)24-13-11-23(12-14-24)22-37-17-15-25(16-18-37)32(38)35-29-9-5-7-27(20-29)26-6-4-8-28(33)19-26/h4-9,11-14,19-21,25H,2-3,10,15-18,22H2,1H3,(H,34,36)(H,35,38). The van der Waals surface area contributed by atoms with E-state index < -0.39 is 0 Å². The molecule has 0 bridgehead atoms. The van der Waals surface area contributed by atoms with Gasteiger partial charge in [-0.2, -0.15) is 0 Å². The van der Waals surface area contributed by atoms with Gasteiger partial charge in [0.1, 0.15) is 11.6 Å². The quantitative estimate of drug-likeness (QED) is 0.253. The number of nitrogens with one attached hydrogen (secondary N) is 2. The number of aromatic nitrogens is 2. The molecule has 6 heteroatoms. The van der Waals surface area contributed by atoms with Crippen molar-refractivity contribution in [2.24, 2.45) is 5.92 Å². The Balaban J connectivity index is 1.11. The van der Waals surface area contributed by atoms with Crippen LogP contribution in [0, 0.1) is 11.7 Å². The summed E-state index contributed by atoms with van der Waals surface area (Å²) in [6, 6.07) is 22.8. The minimum Gasteiger partial charge on any atom is -0.342 e. The fourth-order valence-electron chi connectivity index (χ4n) is 5.07. The van der Waals surface area contributed by atoms with E-state index in [1.165, 1.54) is 24.1 Å². The number of nitrogens with zero attached hydrogens (tertiary/aromatic N) is 2. The lowest BCUT2D eigenvalue weighted by Gasteiger charge is -2.31.